The predicted molar refractivity (Wildman–Crippen MR) is 71.1 cm³/mol. The molecule has 0 atom stereocenters. The molecule has 1 aromatic carbocycles. The minimum Gasteiger partial charge on any atom is -0.343 e. The smallest absolute Gasteiger partial charge is 0.276 e. The van der Waals surface area contributed by atoms with Crippen LogP contribution in [0.15, 0.2) is 18.2 Å². The number of benzene rings is 1. The maximum atomic E-state index is 10.7. The summed E-state index contributed by atoms with van der Waals surface area (Å²) < 4.78 is 0. The van der Waals surface area contributed by atoms with E-state index in [1.165, 1.54) is 11.1 Å². The van der Waals surface area contributed by atoms with Gasteiger partial charge in [-0.15, -0.1) is 0 Å². The van der Waals surface area contributed by atoms with E-state index in [9.17, 15) is 4.79 Å². The fourth-order valence-electron chi connectivity index (χ4n) is 1.53. The van der Waals surface area contributed by atoms with Gasteiger partial charge in [-0.2, -0.15) is 0 Å². The Labute approximate surface area is 103 Å². The van der Waals surface area contributed by atoms with E-state index in [1.807, 2.05) is 0 Å². The zero-order valence-corrected chi connectivity index (χ0v) is 11.2. The summed E-state index contributed by atoms with van der Waals surface area (Å²) in [5.74, 6) is 0. The Morgan fingerprint density at radius 2 is 2.00 bits per heavy atom. The van der Waals surface area contributed by atoms with E-state index in [4.69, 9.17) is 0 Å². The third-order valence-corrected chi connectivity index (χ3v) is 2.80. The van der Waals surface area contributed by atoms with Crippen LogP contribution in [0.4, 0.5) is 4.79 Å². The molecule has 0 heterocycles. The van der Waals surface area contributed by atoms with Gasteiger partial charge in [0.2, 0.25) is 0 Å². The first-order valence-corrected chi connectivity index (χ1v) is 5.82. The molecule has 0 aliphatic carbocycles. The summed E-state index contributed by atoms with van der Waals surface area (Å²) in [5.41, 5.74) is 3.81. The lowest BCUT2D eigenvalue weighted by molar-refractivity contribution is 0.260. The van der Waals surface area contributed by atoms with Crippen LogP contribution in [0.5, 0.6) is 0 Å². The van der Waals surface area contributed by atoms with Crippen LogP contribution in [-0.4, -0.2) is 5.24 Å². The maximum Gasteiger partial charge on any atom is 0.276 e. The van der Waals surface area contributed by atoms with Gasteiger partial charge in [-0.05, 0) is 29.0 Å². The summed E-state index contributed by atoms with van der Waals surface area (Å²) in [5, 5.41) is 2.39. The van der Waals surface area contributed by atoms with Crippen molar-refractivity contribution in [2.24, 2.45) is 0 Å². The average Bonchev–Trinajstić information content (AvgIpc) is 2.14. The van der Waals surface area contributed by atoms with E-state index < -0.39 is 0 Å². The van der Waals surface area contributed by atoms with Gasteiger partial charge in [0.05, 0.1) is 0 Å². The van der Waals surface area contributed by atoms with Gasteiger partial charge in [-0.3, -0.25) is 4.79 Å². The molecule has 0 aliphatic heterocycles. The Hall–Kier alpha value is -0.960. The van der Waals surface area contributed by atoms with Crippen LogP contribution < -0.4 is 5.32 Å². The molecule has 1 amide bonds. The van der Waals surface area contributed by atoms with Crippen molar-refractivity contribution in [2.75, 3.05) is 0 Å². The van der Waals surface area contributed by atoms with Crippen molar-refractivity contribution in [3.8, 4) is 0 Å². The zero-order valence-electron chi connectivity index (χ0n) is 10.3. The van der Waals surface area contributed by atoms with Gasteiger partial charge in [-0.1, -0.05) is 51.6 Å². The van der Waals surface area contributed by atoms with E-state index in [-0.39, 0.29) is 10.7 Å². The molecular formula is C13H19NOS. The zero-order chi connectivity index (χ0) is 12.3. The number of rotatable bonds is 2. The number of nitrogens with one attached hydrogen (secondary N) is 1. The summed E-state index contributed by atoms with van der Waals surface area (Å²) in [6, 6.07) is 6.37. The number of amides is 1. The molecule has 0 unspecified atom stereocenters. The number of thiol groups is 1. The van der Waals surface area contributed by atoms with Gasteiger partial charge in [0.25, 0.3) is 5.24 Å². The normalized spacial score (nSPS) is 11.3. The van der Waals surface area contributed by atoms with Gasteiger partial charge in [-0.25, -0.2) is 0 Å². The quantitative estimate of drug-likeness (QED) is 0.758. The van der Waals surface area contributed by atoms with Gasteiger partial charge in [0.15, 0.2) is 0 Å². The molecule has 2 nitrogen and oxygen atoms in total. The highest BCUT2D eigenvalue weighted by atomic mass is 32.1. The number of aryl methyl sites for hydroxylation is 1. The lowest BCUT2D eigenvalue weighted by atomic mass is 9.85. The highest BCUT2D eigenvalue weighted by Gasteiger charge is 2.14. The van der Waals surface area contributed by atoms with Crippen molar-refractivity contribution in [1.29, 1.82) is 0 Å². The van der Waals surface area contributed by atoms with Gasteiger partial charge in [0.1, 0.15) is 0 Å². The minimum atomic E-state index is -0.292. The molecule has 16 heavy (non-hydrogen) atoms. The summed E-state index contributed by atoms with van der Waals surface area (Å²) in [6.07, 6.45) is 0. The molecule has 1 rings (SSSR count). The molecule has 1 N–H and O–H groups in total. The molecule has 0 radical (unpaired) electrons. The van der Waals surface area contributed by atoms with E-state index in [2.05, 4.69) is 63.8 Å². The van der Waals surface area contributed by atoms with Crippen molar-refractivity contribution >= 4 is 17.9 Å². The molecule has 0 aromatic heterocycles. The minimum absolute atomic E-state index is 0.163. The summed E-state index contributed by atoms with van der Waals surface area (Å²) >= 11 is 3.68. The van der Waals surface area contributed by atoms with E-state index in [1.54, 1.807) is 0 Å². The van der Waals surface area contributed by atoms with Crippen LogP contribution in [0.2, 0.25) is 0 Å². The topological polar surface area (TPSA) is 29.1 Å². The van der Waals surface area contributed by atoms with Crippen LogP contribution in [0.25, 0.3) is 0 Å². The fourth-order valence-corrected chi connectivity index (χ4v) is 1.61. The molecule has 1 aromatic rings. The van der Waals surface area contributed by atoms with Crippen LogP contribution in [0.1, 0.15) is 37.5 Å². The summed E-state index contributed by atoms with van der Waals surface area (Å²) in [7, 11) is 0. The first kappa shape index (κ1) is 13.1. The van der Waals surface area contributed by atoms with Crippen LogP contribution in [0.3, 0.4) is 0 Å². The molecule has 88 valence electrons. The molecule has 0 spiro atoms. The van der Waals surface area contributed by atoms with Crippen molar-refractivity contribution in [3.63, 3.8) is 0 Å². The largest absolute Gasteiger partial charge is 0.343 e. The van der Waals surface area contributed by atoms with Crippen LogP contribution in [0, 0.1) is 6.92 Å². The Kier molecular flexibility index (Phi) is 4.03. The predicted octanol–water partition coefficient (Wildman–Crippen LogP) is 3.43. The van der Waals surface area contributed by atoms with Gasteiger partial charge < -0.3 is 5.32 Å². The van der Waals surface area contributed by atoms with Crippen molar-refractivity contribution in [2.45, 2.75) is 39.7 Å². The second-order valence-electron chi connectivity index (χ2n) is 5.05. The average molecular weight is 237 g/mol. The Bertz CT molecular complexity index is 393. The highest BCUT2D eigenvalue weighted by Crippen LogP contribution is 2.24. The van der Waals surface area contributed by atoms with E-state index in [0.717, 1.165) is 5.56 Å². The van der Waals surface area contributed by atoms with Gasteiger partial charge in [0, 0.05) is 6.54 Å². The lowest BCUT2D eigenvalue weighted by Crippen LogP contribution is -2.17. The molecule has 0 saturated heterocycles. The van der Waals surface area contributed by atoms with Crippen molar-refractivity contribution in [3.05, 3.63) is 34.9 Å². The van der Waals surface area contributed by atoms with Crippen LogP contribution >= 0.6 is 12.6 Å². The molecular weight excluding hydrogens is 218 g/mol. The van der Waals surface area contributed by atoms with Gasteiger partial charge >= 0.3 is 0 Å². The number of hydrogen-bond acceptors (Lipinski definition) is 1. The third kappa shape index (κ3) is 3.56. The second-order valence-corrected chi connectivity index (χ2v) is 5.46. The molecule has 3 heteroatoms. The number of carbonyl (C=O) groups excluding carboxylic acids is 1. The third-order valence-electron chi connectivity index (χ3n) is 2.64. The van der Waals surface area contributed by atoms with E-state index in [0.29, 0.717) is 6.54 Å². The van der Waals surface area contributed by atoms with E-state index >= 15 is 0 Å². The summed E-state index contributed by atoms with van der Waals surface area (Å²) in [4.78, 5) is 10.7. The fraction of sp³-hybridized carbons (Fsp3) is 0.462. The first-order valence-electron chi connectivity index (χ1n) is 5.37. The molecule has 0 bridgehead atoms. The molecule has 0 aliphatic rings. The highest BCUT2D eigenvalue weighted by molar-refractivity contribution is 7.96. The Balaban J connectivity index is 2.88. The number of hydrogen-bond donors (Lipinski definition) is 2. The molecule has 0 saturated carbocycles. The SMILES string of the molecule is Cc1cc(C(C)(C)C)ccc1CNC(=O)S. The lowest BCUT2D eigenvalue weighted by Gasteiger charge is -2.20. The first-order chi connectivity index (χ1) is 7.30. The standard InChI is InChI=1S/C13H19NOS/c1-9-7-11(13(2,3)4)6-5-10(9)8-14-12(15)16/h5-7H,8H2,1-4H3,(H2,14,15,16). The Morgan fingerprint density at radius 1 is 1.38 bits per heavy atom. The van der Waals surface area contributed by atoms with Crippen LogP contribution in [-0.2, 0) is 12.0 Å². The monoisotopic (exact) mass is 237 g/mol. The number of carbonyl (C=O) groups is 1. The molecule has 0 fully saturated rings. The maximum absolute atomic E-state index is 10.7. The van der Waals surface area contributed by atoms with Crippen molar-refractivity contribution in [1.82, 2.24) is 5.32 Å². The Morgan fingerprint density at radius 3 is 2.44 bits per heavy atom. The van der Waals surface area contributed by atoms with Crippen molar-refractivity contribution < 1.29 is 4.79 Å². The summed E-state index contributed by atoms with van der Waals surface area (Å²) in [6.45, 7) is 9.18. The second kappa shape index (κ2) is 4.91.